The highest BCUT2D eigenvalue weighted by Gasteiger charge is 2.23. The number of piperidine rings is 1. The van der Waals surface area contributed by atoms with Crippen molar-refractivity contribution in [3.05, 3.63) is 59.9 Å². The number of hydrogen-bond donors (Lipinski definition) is 1. The predicted octanol–water partition coefficient (Wildman–Crippen LogP) is 4.24. The van der Waals surface area contributed by atoms with Gasteiger partial charge in [0, 0.05) is 43.6 Å². The SMILES string of the molecule is CC(C)c1ccc(NC2CCCN(C(=O)CCc3cccnc3)C2)cc1. The van der Waals surface area contributed by atoms with E-state index in [1.165, 1.54) is 5.56 Å². The molecule has 1 atom stereocenters. The number of amides is 1. The van der Waals surface area contributed by atoms with E-state index in [9.17, 15) is 4.79 Å². The highest BCUT2D eigenvalue weighted by Crippen LogP contribution is 2.20. The number of aryl methyl sites for hydroxylation is 1. The minimum atomic E-state index is 0.246. The summed E-state index contributed by atoms with van der Waals surface area (Å²) in [6.07, 6.45) is 7.09. The Morgan fingerprint density at radius 2 is 2.08 bits per heavy atom. The van der Waals surface area contributed by atoms with Gasteiger partial charge in [0.25, 0.3) is 0 Å². The monoisotopic (exact) mass is 351 g/mol. The fourth-order valence-corrected chi connectivity index (χ4v) is 3.48. The molecule has 2 heterocycles. The Balaban J connectivity index is 1.51. The molecule has 1 saturated heterocycles. The smallest absolute Gasteiger partial charge is 0.222 e. The van der Waals surface area contributed by atoms with E-state index < -0.39 is 0 Å². The van der Waals surface area contributed by atoms with E-state index in [2.05, 4.69) is 48.4 Å². The third kappa shape index (κ3) is 5.07. The molecule has 0 bridgehead atoms. The molecular weight excluding hydrogens is 322 g/mol. The van der Waals surface area contributed by atoms with Crippen LogP contribution in [0, 0.1) is 0 Å². The Bertz CT molecular complexity index is 697. The summed E-state index contributed by atoms with van der Waals surface area (Å²) in [4.78, 5) is 18.7. The average molecular weight is 351 g/mol. The third-order valence-corrected chi connectivity index (χ3v) is 5.07. The van der Waals surface area contributed by atoms with Crippen LogP contribution in [0.15, 0.2) is 48.8 Å². The highest BCUT2D eigenvalue weighted by atomic mass is 16.2. The summed E-state index contributed by atoms with van der Waals surface area (Å²) in [6, 6.07) is 13.0. The Kier molecular flexibility index (Phi) is 6.26. The number of pyridine rings is 1. The fourth-order valence-electron chi connectivity index (χ4n) is 3.48. The summed E-state index contributed by atoms with van der Waals surface area (Å²) in [7, 11) is 0. The molecule has 0 radical (unpaired) electrons. The first-order valence-corrected chi connectivity index (χ1v) is 9.65. The molecule has 1 N–H and O–H groups in total. The summed E-state index contributed by atoms with van der Waals surface area (Å²) < 4.78 is 0. The molecule has 1 aromatic carbocycles. The molecule has 2 aromatic rings. The van der Waals surface area contributed by atoms with E-state index in [4.69, 9.17) is 0 Å². The average Bonchev–Trinajstić information content (AvgIpc) is 2.67. The molecule has 3 rings (SSSR count). The Hall–Kier alpha value is -2.36. The molecule has 4 heteroatoms. The van der Waals surface area contributed by atoms with E-state index >= 15 is 0 Å². The molecule has 4 nitrogen and oxygen atoms in total. The number of nitrogens with zero attached hydrogens (tertiary/aromatic N) is 2. The zero-order chi connectivity index (χ0) is 18.4. The lowest BCUT2D eigenvalue weighted by molar-refractivity contribution is -0.132. The van der Waals surface area contributed by atoms with Crippen LogP contribution in [-0.2, 0) is 11.2 Å². The molecule has 1 amide bonds. The van der Waals surface area contributed by atoms with Crippen LogP contribution in [-0.4, -0.2) is 34.9 Å². The third-order valence-electron chi connectivity index (χ3n) is 5.07. The van der Waals surface area contributed by atoms with Crippen LogP contribution >= 0.6 is 0 Å². The van der Waals surface area contributed by atoms with E-state index in [-0.39, 0.29) is 5.91 Å². The summed E-state index contributed by atoms with van der Waals surface area (Å²) in [5.74, 6) is 0.794. The first-order chi connectivity index (χ1) is 12.6. The van der Waals surface area contributed by atoms with Crippen molar-refractivity contribution in [2.24, 2.45) is 0 Å². The fraction of sp³-hybridized carbons (Fsp3) is 0.455. The van der Waals surface area contributed by atoms with Crippen molar-refractivity contribution in [2.45, 2.75) is 51.5 Å². The van der Waals surface area contributed by atoms with Crippen molar-refractivity contribution in [2.75, 3.05) is 18.4 Å². The van der Waals surface area contributed by atoms with E-state index in [1.54, 1.807) is 6.20 Å². The largest absolute Gasteiger partial charge is 0.381 e. The predicted molar refractivity (Wildman–Crippen MR) is 106 cm³/mol. The number of rotatable bonds is 6. The van der Waals surface area contributed by atoms with Gasteiger partial charge in [-0.25, -0.2) is 0 Å². The van der Waals surface area contributed by atoms with Crippen LogP contribution in [0.5, 0.6) is 0 Å². The van der Waals surface area contributed by atoms with Crippen molar-refractivity contribution in [1.29, 1.82) is 0 Å². The molecule has 0 saturated carbocycles. The molecular formula is C22H29N3O. The number of hydrogen-bond acceptors (Lipinski definition) is 3. The Morgan fingerprint density at radius 1 is 1.27 bits per heavy atom. The van der Waals surface area contributed by atoms with E-state index in [0.717, 1.165) is 43.6 Å². The molecule has 0 spiro atoms. The highest BCUT2D eigenvalue weighted by molar-refractivity contribution is 5.76. The number of likely N-dealkylation sites (tertiary alicyclic amines) is 1. The first-order valence-electron chi connectivity index (χ1n) is 9.65. The maximum atomic E-state index is 12.6. The summed E-state index contributed by atoms with van der Waals surface area (Å²) in [5.41, 5.74) is 3.62. The van der Waals surface area contributed by atoms with Crippen LogP contribution in [0.2, 0.25) is 0 Å². The van der Waals surface area contributed by atoms with Gasteiger partial charge in [-0.2, -0.15) is 0 Å². The number of aromatic nitrogens is 1. The lowest BCUT2D eigenvalue weighted by Crippen LogP contribution is -2.45. The second-order valence-electron chi connectivity index (χ2n) is 7.46. The van der Waals surface area contributed by atoms with Crippen molar-refractivity contribution < 1.29 is 4.79 Å². The van der Waals surface area contributed by atoms with Gasteiger partial charge in [0.15, 0.2) is 0 Å². The normalized spacial score (nSPS) is 17.3. The standard InChI is InChI=1S/C22H29N3O/c1-17(2)19-8-10-20(11-9-19)24-21-6-4-14-25(16-21)22(26)12-7-18-5-3-13-23-15-18/h3,5,8-11,13,15,17,21,24H,4,6-7,12,14,16H2,1-2H3. The van der Waals surface area contributed by atoms with Crippen LogP contribution in [0.1, 0.15) is 50.2 Å². The molecule has 0 aliphatic carbocycles. The van der Waals surface area contributed by atoms with Gasteiger partial charge in [-0.3, -0.25) is 9.78 Å². The van der Waals surface area contributed by atoms with Gasteiger partial charge in [-0.1, -0.05) is 32.0 Å². The van der Waals surface area contributed by atoms with Gasteiger partial charge in [-0.05, 0) is 54.5 Å². The van der Waals surface area contributed by atoms with Crippen LogP contribution in [0.25, 0.3) is 0 Å². The first kappa shape index (κ1) is 18.4. The quantitative estimate of drug-likeness (QED) is 0.846. The van der Waals surface area contributed by atoms with Gasteiger partial charge in [0.1, 0.15) is 0 Å². The minimum Gasteiger partial charge on any atom is -0.381 e. The summed E-state index contributed by atoms with van der Waals surface area (Å²) in [5, 5.41) is 3.60. The number of anilines is 1. The van der Waals surface area contributed by atoms with Crippen LogP contribution in [0.3, 0.4) is 0 Å². The molecule has 138 valence electrons. The molecule has 1 aromatic heterocycles. The number of nitrogens with one attached hydrogen (secondary N) is 1. The van der Waals surface area contributed by atoms with Gasteiger partial charge in [0.2, 0.25) is 5.91 Å². The summed E-state index contributed by atoms with van der Waals surface area (Å²) in [6.45, 7) is 6.07. The minimum absolute atomic E-state index is 0.246. The second-order valence-corrected chi connectivity index (χ2v) is 7.46. The molecule has 1 aliphatic rings. The topological polar surface area (TPSA) is 45.2 Å². The number of benzene rings is 1. The van der Waals surface area contributed by atoms with Gasteiger partial charge < -0.3 is 10.2 Å². The Morgan fingerprint density at radius 3 is 2.77 bits per heavy atom. The van der Waals surface area contributed by atoms with Gasteiger partial charge >= 0.3 is 0 Å². The maximum Gasteiger partial charge on any atom is 0.222 e. The lowest BCUT2D eigenvalue weighted by Gasteiger charge is -2.34. The van der Waals surface area contributed by atoms with E-state index in [1.807, 2.05) is 23.2 Å². The number of carbonyl (C=O) groups excluding carboxylic acids is 1. The molecule has 26 heavy (non-hydrogen) atoms. The summed E-state index contributed by atoms with van der Waals surface area (Å²) >= 11 is 0. The van der Waals surface area contributed by atoms with Gasteiger partial charge in [-0.15, -0.1) is 0 Å². The van der Waals surface area contributed by atoms with Crippen molar-refractivity contribution in [3.63, 3.8) is 0 Å². The number of carbonyl (C=O) groups is 1. The zero-order valence-corrected chi connectivity index (χ0v) is 15.8. The van der Waals surface area contributed by atoms with Crippen molar-refractivity contribution in [1.82, 2.24) is 9.88 Å². The molecule has 1 unspecified atom stereocenters. The maximum absolute atomic E-state index is 12.6. The molecule has 1 aliphatic heterocycles. The second kappa shape index (κ2) is 8.84. The Labute approximate surface area is 156 Å². The van der Waals surface area contributed by atoms with Crippen LogP contribution < -0.4 is 5.32 Å². The van der Waals surface area contributed by atoms with Crippen molar-refractivity contribution in [3.8, 4) is 0 Å². The van der Waals surface area contributed by atoms with Crippen molar-refractivity contribution >= 4 is 11.6 Å². The van der Waals surface area contributed by atoms with Crippen LogP contribution in [0.4, 0.5) is 5.69 Å². The molecule has 1 fully saturated rings. The zero-order valence-electron chi connectivity index (χ0n) is 15.8. The van der Waals surface area contributed by atoms with Gasteiger partial charge in [0.05, 0.1) is 0 Å². The lowest BCUT2D eigenvalue weighted by atomic mass is 10.0. The van der Waals surface area contributed by atoms with E-state index in [0.29, 0.717) is 18.4 Å².